The molecule has 0 aliphatic carbocycles. The molecule has 1 amide bonds. The van der Waals surface area contributed by atoms with Crippen LogP contribution < -0.4 is 10.6 Å². The van der Waals surface area contributed by atoms with Gasteiger partial charge >= 0.3 is 0 Å². The summed E-state index contributed by atoms with van der Waals surface area (Å²) in [5.74, 6) is -0.643. The van der Waals surface area contributed by atoms with Crippen LogP contribution >= 0.6 is 28.1 Å². The van der Waals surface area contributed by atoms with E-state index >= 15 is 0 Å². The van der Waals surface area contributed by atoms with E-state index in [1.54, 1.807) is 12.1 Å². The third-order valence-electron chi connectivity index (χ3n) is 4.05. The Morgan fingerprint density at radius 2 is 2.25 bits per heavy atom. The average Bonchev–Trinajstić information content (AvgIpc) is 2.44. The third kappa shape index (κ3) is 5.14. The van der Waals surface area contributed by atoms with Crippen molar-refractivity contribution >= 4 is 44.9 Å². The van der Waals surface area contributed by atoms with Gasteiger partial charge in [0.15, 0.2) is 5.11 Å². The number of carbonyl (C=O) groups is 1. The number of nitrogens with one attached hydrogen (secondary N) is 2. The lowest BCUT2D eigenvalue weighted by molar-refractivity contribution is -0.116. The molecule has 1 aromatic rings. The summed E-state index contributed by atoms with van der Waals surface area (Å²) in [5, 5.41) is 6.67. The van der Waals surface area contributed by atoms with Gasteiger partial charge in [-0.15, -0.1) is 0 Å². The second-order valence-corrected chi connectivity index (χ2v) is 8.14. The molecule has 1 atom stereocenters. The molecule has 24 heavy (non-hydrogen) atoms. The summed E-state index contributed by atoms with van der Waals surface area (Å²) in [6.07, 6.45) is 1.98. The van der Waals surface area contributed by atoms with E-state index < -0.39 is 5.82 Å². The Hall–Kier alpha value is -1.21. The van der Waals surface area contributed by atoms with Crippen molar-refractivity contribution in [2.24, 2.45) is 0 Å². The number of anilines is 1. The first-order valence-electron chi connectivity index (χ1n) is 8.01. The Morgan fingerprint density at radius 1 is 1.54 bits per heavy atom. The minimum absolute atomic E-state index is 0.00346. The molecule has 1 aliphatic heterocycles. The van der Waals surface area contributed by atoms with Crippen LogP contribution in [0.25, 0.3) is 0 Å². The molecule has 1 fully saturated rings. The van der Waals surface area contributed by atoms with E-state index in [0.717, 1.165) is 11.5 Å². The van der Waals surface area contributed by atoms with E-state index in [-0.39, 0.29) is 17.1 Å². The van der Waals surface area contributed by atoms with Gasteiger partial charge in [-0.05, 0) is 64.0 Å². The van der Waals surface area contributed by atoms with E-state index in [0.29, 0.717) is 29.9 Å². The number of hydrogen-bond acceptors (Lipinski definition) is 2. The lowest BCUT2D eigenvalue weighted by atomic mass is 9.93. The summed E-state index contributed by atoms with van der Waals surface area (Å²) in [6.45, 7) is 7.12. The summed E-state index contributed by atoms with van der Waals surface area (Å²) in [7, 11) is 0. The van der Waals surface area contributed by atoms with Gasteiger partial charge in [0.25, 0.3) is 0 Å². The van der Waals surface area contributed by atoms with Gasteiger partial charge in [-0.25, -0.2) is 4.39 Å². The number of hydrogen-bond donors (Lipinski definition) is 2. The Morgan fingerprint density at radius 3 is 2.88 bits per heavy atom. The molecule has 2 N–H and O–H groups in total. The maximum atomic E-state index is 13.7. The first kappa shape index (κ1) is 19.1. The number of halogens is 2. The molecule has 1 saturated heterocycles. The van der Waals surface area contributed by atoms with Crippen molar-refractivity contribution in [3.63, 3.8) is 0 Å². The summed E-state index contributed by atoms with van der Waals surface area (Å²) in [5.41, 5.74) is 0.206. The molecular formula is C17H23BrFN3OS. The maximum Gasteiger partial charge on any atom is 0.224 e. The first-order chi connectivity index (χ1) is 11.2. The van der Waals surface area contributed by atoms with Gasteiger partial charge in [-0.2, -0.15) is 0 Å². The zero-order valence-electron chi connectivity index (χ0n) is 14.2. The molecule has 7 heteroatoms. The van der Waals surface area contributed by atoms with Crippen molar-refractivity contribution in [2.45, 2.75) is 51.6 Å². The number of rotatable bonds is 5. The molecule has 0 saturated carbocycles. The van der Waals surface area contributed by atoms with E-state index in [1.807, 2.05) is 0 Å². The lowest BCUT2D eigenvalue weighted by Gasteiger charge is -2.44. The molecule has 1 unspecified atom stereocenters. The van der Waals surface area contributed by atoms with Crippen molar-refractivity contribution in [3.05, 3.63) is 28.5 Å². The molecule has 4 nitrogen and oxygen atoms in total. The molecule has 1 aliphatic rings. The number of benzene rings is 1. The molecule has 2 rings (SSSR count). The van der Waals surface area contributed by atoms with Gasteiger partial charge in [-0.1, -0.05) is 15.9 Å². The zero-order valence-corrected chi connectivity index (χ0v) is 16.6. The summed E-state index contributed by atoms with van der Waals surface area (Å²) in [4.78, 5) is 14.1. The molecule has 0 spiro atoms. The molecule has 0 radical (unpaired) electrons. The Bertz CT molecular complexity index is 638. The summed E-state index contributed by atoms with van der Waals surface area (Å²) in [6, 6.07) is 4.91. The lowest BCUT2D eigenvalue weighted by Crippen LogP contribution is -2.60. The Kier molecular flexibility index (Phi) is 6.20. The minimum atomic E-state index is -0.449. The highest BCUT2D eigenvalue weighted by Gasteiger charge is 2.32. The normalized spacial score (nSPS) is 19.8. The fourth-order valence-electron chi connectivity index (χ4n) is 3.00. The fraction of sp³-hybridized carbons (Fsp3) is 0.529. The van der Waals surface area contributed by atoms with Crippen molar-refractivity contribution in [3.8, 4) is 0 Å². The first-order valence-corrected chi connectivity index (χ1v) is 9.22. The SMILES string of the molecule is CC1CC(C)(C)NC(=S)N1CCCC(=O)Nc1ccc(Br)cc1F. The second kappa shape index (κ2) is 7.78. The topological polar surface area (TPSA) is 44.4 Å². The monoisotopic (exact) mass is 415 g/mol. The Labute approximate surface area is 156 Å². The highest BCUT2D eigenvalue weighted by Crippen LogP contribution is 2.23. The second-order valence-electron chi connectivity index (χ2n) is 6.84. The Balaban J connectivity index is 1.81. The quantitative estimate of drug-likeness (QED) is 0.711. The van der Waals surface area contributed by atoms with Crippen molar-refractivity contribution in [1.29, 1.82) is 0 Å². The number of amides is 1. The van der Waals surface area contributed by atoms with Gasteiger partial charge in [0.05, 0.1) is 5.69 Å². The standard InChI is InChI=1S/C17H23BrFN3OS/c1-11-10-17(2,3)21-16(24)22(11)8-4-5-15(23)20-14-7-6-12(18)9-13(14)19/h6-7,9,11H,4-5,8,10H2,1-3H3,(H,20,23)(H,21,24). The molecule has 0 bridgehead atoms. The van der Waals surface area contributed by atoms with Crippen LogP contribution in [0, 0.1) is 5.82 Å². The average molecular weight is 416 g/mol. The number of thiocarbonyl (C=S) groups is 1. The summed E-state index contributed by atoms with van der Waals surface area (Å²) >= 11 is 8.62. The number of nitrogens with zero attached hydrogens (tertiary/aromatic N) is 1. The molecular weight excluding hydrogens is 393 g/mol. The molecule has 1 aromatic carbocycles. The van der Waals surface area contributed by atoms with Crippen LogP contribution in [-0.4, -0.2) is 34.0 Å². The van der Waals surface area contributed by atoms with Crippen LogP contribution in [-0.2, 0) is 4.79 Å². The van der Waals surface area contributed by atoms with E-state index in [4.69, 9.17) is 12.2 Å². The predicted molar refractivity (Wildman–Crippen MR) is 103 cm³/mol. The highest BCUT2D eigenvalue weighted by molar-refractivity contribution is 9.10. The zero-order chi connectivity index (χ0) is 17.9. The molecule has 0 aromatic heterocycles. The third-order valence-corrected chi connectivity index (χ3v) is 4.88. The summed E-state index contributed by atoms with van der Waals surface area (Å²) < 4.78 is 14.4. The van der Waals surface area contributed by atoms with E-state index in [9.17, 15) is 9.18 Å². The van der Waals surface area contributed by atoms with E-state index in [1.165, 1.54) is 6.07 Å². The van der Waals surface area contributed by atoms with Gasteiger partial charge in [-0.3, -0.25) is 4.79 Å². The van der Waals surface area contributed by atoms with Gasteiger partial charge in [0, 0.05) is 29.0 Å². The van der Waals surface area contributed by atoms with Gasteiger partial charge in [0.1, 0.15) is 5.82 Å². The smallest absolute Gasteiger partial charge is 0.224 e. The minimum Gasteiger partial charge on any atom is -0.358 e. The van der Waals surface area contributed by atoms with Crippen molar-refractivity contribution < 1.29 is 9.18 Å². The van der Waals surface area contributed by atoms with Crippen LogP contribution in [0.3, 0.4) is 0 Å². The van der Waals surface area contributed by atoms with Crippen molar-refractivity contribution in [2.75, 3.05) is 11.9 Å². The van der Waals surface area contributed by atoms with Crippen LogP contribution in [0.4, 0.5) is 10.1 Å². The van der Waals surface area contributed by atoms with Crippen LogP contribution in [0.5, 0.6) is 0 Å². The van der Waals surface area contributed by atoms with Crippen LogP contribution in [0.15, 0.2) is 22.7 Å². The van der Waals surface area contributed by atoms with E-state index in [2.05, 4.69) is 52.2 Å². The van der Waals surface area contributed by atoms with Crippen molar-refractivity contribution in [1.82, 2.24) is 10.2 Å². The molecule has 132 valence electrons. The fourth-order valence-corrected chi connectivity index (χ4v) is 3.88. The highest BCUT2D eigenvalue weighted by atomic mass is 79.9. The van der Waals surface area contributed by atoms with Crippen LogP contribution in [0.1, 0.15) is 40.0 Å². The molecule has 1 heterocycles. The predicted octanol–water partition coefficient (Wildman–Crippen LogP) is 4.05. The van der Waals surface area contributed by atoms with Crippen LogP contribution in [0.2, 0.25) is 0 Å². The van der Waals surface area contributed by atoms with Gasteiger partial charge < -0.3 is 15.5 Å². The van der Waals surface area contributed by atoms with Gasteiger partial charge in [0.2, 0.25) is 5.91 Å². The largest absolute Gasteiger partial charge is 0.358 e. The number of carbonyl (C=O) groups excluding carboxylic acids is 1. The maximum absolute atomic E-state index is 13.7.